The number of nitrogens with one attached hydrogen (secondary N) is 1. The maximum atomic E-state index is 11.7. The Morgan fingerprint density at radius 3 is 1.96 bits per heavy atom. The van der Waals surface area contributed by atoms with E-state index >= 15 is 0 Å². The van der Waals surface area contributed by atoms with Crippen molar-refractivity contribution in [2.24, 2.45) is 17.6 Å². The number of hydrogen-bond donors (Lipinski definition) is 4. The molecule has 0 aliphatic carbocycles. The van der Waals surface area contributed by atoms with Gasteiger partial charge in [-0.2, -0.15) is 0 Å². The Kier molecular flexibility index (Phi) is 16.3. The average Bonchev–Trinajstić information content (AvgIpc) is 2.67. The minimum absolute atomic E-state index is 0.135. The number of amides is 1. The molecule has 0 radical (unpaired) electrons. The number of nitrogens with two attached hydrogens (primary N) is 1. The molecule has 1 rings (SSSR count). The van der Waals surface area contributed by atoms with Crippen molar-refractivity contribution in [1.29, 1.82) is 0 Å². The van der Waals surface area contributed by atoms with Crippen molar-refractivity contribution >= 4 is 18.5 Å². The summed E-state index contributed by atoms with van der Waals surface area (Å²) < 4.78 is 7.50. The summed E-state index contributed by atoms with van der Waals surface area (Å²) in [6.07, 6.45) is 2.23. The van der Waals surface area contributed by atoms with E-state index in [0.29, 0.717) is 29.4 Å². The molecule has 0 spiro atoms. The van der Waals surface area contributed by atoms with Crippen molar-refractivity contribution in [1.82, 2.24) is 5.32 Å². The summed E-state index contributed by atoms with van der Waals surface area (Å²) in [4.78, 5) is 11.7. The van der Waals surface area contributed by atoms with Crippen LogP contribution in [0.25, 0.3) is 0 Å². The Morgan fingerprint density at radius 2 is 1.64 bits per heavy atom. The molecular weight excluding hydrogens is 319 g/mol. The number of carbonyl (C=O) groups excluding carboxylic acids is 1. The standard InChI is InChI=1S/C12H18BNO3.C5H13N.CO/c1-3-9(2)8-14-12(15)10-4-6-11(7-5-10)13(16)17;1-3-5(2)4-6;1-2/h4-7,9,16-17H,3,8H2,1-2H3,(H,14,15);5H,3-4,6H2,1-2H3;. The number of hydrogen-bond acceptors (Lipinski definition) is 4. The van der Waals surface area contributed by atoms with E-state index in [0.717, 1.165) is 13.0 Å². The first-order chi connectivity index (χ1) is 11.8. The van der Waals surface area contributed by atoms with Gasteiger partial charge in [-0.05, 0) is 36.0 Å². The third-order valence-electron chi connectivity index (χ3n) is 3.88. The zero-order valence-electron chi connectivity index (χ0n) is 15.7. The Labute approximate surface area is 151 Å². The predicted molar refractivity (Wildman–Crippen MR) is 100 cm³/mol. The molecule has 2 unspecified atom stereocenters. The van der Waals surface area contributed by atoms with Gasteiger partial charge >= 0.3 is 18.4 Å². The van der Waals surface area contributed by atoms with Gasteiger partial charge in [-0.3, -0.25) is 4.79 Å². The van der Waals surface area contributed by atoms with Crippen LogP contribution in [-0.2, 0) is 4.65 Å². The van der Waals surface area contributed by atoms with Gasteiger partial charge in [0.1, 0.15) is 0 Å². The molecule has 0 saturated heterocycles. The van der Waals surface area contributed by atoms with Gasteiger partial charge in [-0.1, -0.05) is 52.7 Å². The Balaban J connectivity index is 0. The van der Waals surface area contributed by atoms with Crippen LogP contribution in [0.2, 0.25) is 0 Å². The van der Waals surface area contributed by atoms with Gasteiger partial charge in [0.2, 0.25) is 0 Å². The molecule has 140 valence electrons. The quantitative estimate of drug-likeness (QED) is 0.335. The molecule has 0 saturated carbocycles. The van der Waals surface area contributed by atoms with Crippen molar-refractivity contribution in [3.8, 4) is 0 Å². The van der Waals surface area contributed by atoms with E-state index in [1.165, 1.54) is 18.6 Å². The zero-order valence-corrected chi connectivity index (χ0v) is 15.7. The van der Waals surface area contributed by atoms with Gasteiger partial charge in [0.05, 0.1) is 0 Å². The first-order valence-electron chi connectivity index (χ1n) is 8.50. The van der Waals surface area contributed by atoms with Crippen molar-refractivity contribution in [3.63, 3.8) is 0 Å². The second-order valence-electron chi connectivity index (χ2n) is 5.97. The van der Waals surface area contributed by atoms with Crippen molar-refractivity contribution in [3.05, 3.63) is 36.5 Å². The van der Waals surface area contributed by atoms with Gasteiger partial charge in [-0.25, -0.2) is 0 Å². The normalized spacial score (nSPS) is 11.7. The molecule has 5 N–H and O–H groups in total. The molecule has 0 aromatic heterocycles. The maximum absolute atomic E-state index is 11.7. The van der Waals surface area contributed by atoms with E-state index in [1.807, 2.05) is 0 Å². The van der Waals surface area contributed by atoms with Crippen LogP contribution in [0.15, 0.2) is 24.3 Å². The first-order valence-corrected chi connectivity index (χ1v) is 8.50. The molecule has 0 aliphatic heterocycles. The summed E-state index contributed by atoms with van der Waals surface area (Å²) in [6, 6.07) is 6.23. The van der Waals surface area contributed by atoms with Crippen molar-refractivity contribution in [2.45, 2.75) is 40.5 Å². The van der Waals surface area contributed by atoms with Gasteiger partial charge in [0, 0.05) is 12.1 Å². The molecule has 0 fully saturated rings. The van der Waals surface area contributed by atoms with Crippen LogP contribution in [0, 0.1) is 18.5 Å². The SMILES string of the molecule is CCC(C)CN.CCC(C)CNC(=O)c1ccc(B(O)O)cc1.[C-]#[O+]. The number of benzene rings is 1. The summed E-state index contributed by atoms with van der Waals surface area (Å²) >= 11 is 0. The van der Waals surface area contributed by atoms with Gasteiger partial charge in [0.15, 0.2) is 0 Å². The fourth-order valence-corrected chi connectivity index (χ4v) is 1.49. The van der Waals surface area contributed by atoms with Gasteiger partial charge in [0.25, 0.3) is 5.91 Å². The van der Waals surface area contributed by atoms with E-state index in [9.17, 15) is 4.79 Å². The topological polar surface area (TPSA) is 115 Å². The molecule has 1 amide bonds. The predicted octanol–water partition coefficient (Wildman–Crippen LogP) is 1.10. The van der Waals surface area contributed by atoms with Crippen LogP contribution in [-0.4, -0.2) is 36.2 Å². The summed E-state index contributed by atoms with van der Waals surface area (Å²) in [5.41, 5.74) is 6.19. The second kappa shape index (κ2) is 15.9. The second-order valence-corrected chi connectivity index (χ2v) is 5.97. The van der Waals surface area contributed by atoms with Crippen molar-refractivity contribution < 1.29 is 19.5 Å². The summed E-state index contributed by atoms with van der Waals surface area (Å²) in [6.45, 7) is 14.4. The number of carbonyl (C=O) groups is 1. The van der Waals surface area contributed by atoms with Gasteiger partial charge in [-0.15, -0.1) is 0 Å². The van der Waals surface area contributed by atoms with Gasteiger partial charge < -0.3 is 21.1 Å². The van der Waals surface area contributed by atoms with Crippen LogP contribution >= 0.6 is 0 Å². The fourth-order valence-electron chi connectivity index (χ4n) is 1.49. The van der Waals surface area contributed by atoms with Crippen LogP contribution in [0.5, 0.6) is 0 Å². The Hall–Kier alpha value is -1.63. The van der Waals surface area contributed by atoms with Crippen LogP contribution in [0.4, 0.5) is 0 Å². The molecule has 1 aromatic carbocycles. The van der Waals surface area contributed by atoms with Crippen LogP contribution < -0.4 is 16.5 Å². The Morgan fingerprint density at radius 1 is 1.16 bits per heavy atom. The van der Waals surface area contributed by atoms with E-state index in [2.05, 4.69) is 39.7 Å². The first kappa shape index (κ1) is 25.6. The van der Waals surface area contributed by atoms with Crippen molar-refractivity contribution in [2.75, 3.05) is 13.1 Å². The molecular formula is C18H31BN2O4. The fraction of sp³-hybridized carbons (Fsp3) is 0.556. The Bertz CT molecular complexity index is 474. The molecule has 2 atom stereocenters. The third kappa shape index (κ3) is 12.4. The number of rotatable bonds is 7. The minimum atomic E-state index is -1.49. The molecule has 0 heterocycles. The monoisotopic (exact) mass is 350 g/mol. The molecule has 25 heavy (non-hydrogen) atoms. The van der Waals surface area contributed by atoms with E-state index in [-0.39, 0.29) is 5.91 Å². The molecule has 0 bridgehead atoms. The molecule has 0 aliphatic rings. The molecule has 7 heteroatoms. The summed E-state index contributed by atoms with van der Waals surface area (Å²) in [5, 5.41) is 20.7. The molecule has 1 aromatic rings. The third-order valence-corrected chi connectivity index (χ3v) is 3.88. The zero-order chi connectivity index (χ0) is 19.8. The van der Waals surface area contributed by atoms with E-state index < -0.39 is 7.12 Å². The van der Waals surface area contributed by atoms with Crippen LogP contribution in [0.3, 0.4) is 0 Å². The summed E-state index contributed by atoms with van der Waals surface area (Å²) in [5.74, 6) is 1.03. The van der Waals surface area contributed by atoms with E-state index in [1.54, 1.807) is 12.1 Å². The molecule has 6 nitrogen and oxygen atoms in total. The van der Waals surface area contributed by atoms with E-state index in [4.69, 9.17) is 20.4 Å². The average molecular weight is 350 g/mol. The summed E-state index contributed by atoms with van der Waals surface area (Å²) in [7, 11) is -1.49. The van der Waals surface area contributed by atoms with Crippen LogP contribution in [0.1, 0.15) is 50.9 Å².